The van der Waals surface area contributed by atoms with Gasteiger partial charge in [0.25, 0.3) is 0 Å². The summed E-state index contributed by atoms with van der Waals surface area (Å²) in [5, 5.41) is 7.48. The number of ether oxygens (including phenoxy) is 1. The number of esters is 1. The number of thioether (sulfide) groups is 1. The summed E-state index contributed by atoms with van der Waals surface area (Å²) in [6.07, 6.45) is -0.144. The molecule has 0 bridgehead atoms. The monoisotopic (exact) mass is 240 g/mol. The number of aliphatic carboxylic acids is 1. The Kier molecular flexibility index (Phi) is 6.74. The highest BCUT2D eigenvalue weighted by Gasteiger charge is 2.14. The first-order valence-electron chi connectivity index (χ1n) is 4.07. The number of carboxylic acid groups (broad SMARTS) is 1. The van der Waals surface area contributed by atoms with Crippen molar-refractivity contribution in [3.05, 3.63) is 0 Å². The summed E-state index contributed by atoms with van der Waals surface area (Å²) in [7, 11) is 0. The minimum atomic E-state index is -1.07. The molecule has 1 N–H and O–H groups in total. The van der Waals surface area contributed by atoms with Crippen molar-refractivity contribution in [3.63, 3.8) is 0 Å². The molecule has 0 aliphatic carbocycles. The zero-order chi connectivity index (χ0) is 11.1. The molecule has 0 amide bonds. The molecule has 0 saturated heterocycles. The number of alkyl halides is 1. The third-order valence-corrected chi connectivity index (χ3v) is 2.65. The Balaban J connectivity index is 3.54. The summed E-state index contributed by atoms with van der Waals surface area (Å²) >= 11 is 6.58. The minimum Gasteiger partial charge on any atom is -0.480 e. The van der Waals surface area contributed by atoms with E-state index < -0.39 is 11.3 Å². The summed E-state index contributed by atoms with van der Waals surface area (Å²) in [5.41, 5.74) is 0. The molecule has 0 saturated carbocycles. The molecule has 0 aliphatic heterocycles. The van der Waals surface area contributed by atoms with Gasteiger partial charge in [-0.1, -0.05) is 0 Å². The summed E-state index contributed by atoms with van der Waals surface area (Å²) in [6, 6.07) is 0. The molecular formula is C8H13ClO4S. The summed E-state index contributed by atoms with van der Waals surface area (Å²) in [4.78, 5) is 21.3. The second-order valence-corrected chi connectivity index (χ2v) is 4.42. The van der Waals surface area contributed by atoms with Crippen LogP contribution in [0.3, 0.4) is 0 Å². The number of rotatable bonds is 6. The van der Waals surface area contributed by atoms with E-state index in [0.29, 0.717) is 0 Å². The lowest BCUT2D eigenvalue weighted by Crippen LogP contribution is -2.18. The topological polar surface area (TPSA) is 63.6 Å². The van der Waals surface area contributed by atoms with E-state index in [1.165, 1.54) is 0 Å². The van der Waals surface area contributed by atoms with Crippen LogP contribution in [-0.2, 0) is 14.3 Å². The standard InChI is InChI=1S/C8H13ClO4S/c1-5(2)13-7(10)4-14-3-6(9)8(11)12/h5-6H,3-4H2,1-2H3,(H,11,12). The van der Waals surface area contributed by atoms with Crippen LogP contribution in [0.2, 0.25) is 0 Å². The van der Waals surface area contributed by atoms with Gasteiger partial charge in [-0.2, -0.15) is 0 Å². The number of carboxylic acids is 1. The summed E-state index contributed by atoms with van der Waals surface area (Å²) in [6.45, 7) is 3.51. The average molecular weight is 241 g/mol. The number of carbonyl (C=O) groups excluding carboxylic acids is 1. The smallest absolute Gasteiger partial charge is 0.322 e. The number of halogens is 1. The first-order valence-corrected chi connectivity index (χ1v) is 5.66. The van der Waals surface area contributed by atoms with Crippen LogP contribution >= 0.6 is 23.4 Å². The largest absolute Gasteiger partial charge is 0.480 e. The molecule has 1 unspecified atom stereocenters. The third kappa shape index (κ3) is 7.03. The van der Waals surface area contributed by atoms with Crippen LogP contribution < -0.4 is 0 Å². The van der Waals surface area contributed by atoms with Gasteiger partial charge in [0.15, 0.2) is 0 Å². The van der Waals surface area contributed by atoms with Gasteiger partial charge in [-0.3, -0.25) is 9.59 Å². The van der Waals surface area contributed by atoms with E-state index in [9.17, 15) is 9.59 Å². The zero-order valence-electron chi connectivity index (χ0n) is 8.03. The van der Waals surface area contributed by atoms with E-state index in [4.69, 9.17) is 21.4 Å². The lowest BCUT2D eigenvalue weighted by atomic mass is 10.5. The highest BCUT2D eigenvalue weighted by atomic mass is 35.5. The van der Waals surface area contributed by atoms with Gasteiger partial charge >= 0.3 is 11.9 Å². The normalized spacial score (nSPS) is 12.6. The number of hydrogen-bond donors (Lipinski definition) is 1. The third-order valence-electron chi connectivity index (χ3n) is 1.12. The molecule has 0 aliphatic rings. The molecule has 82 valence electrons. The zero-order valence-corrected chi connectivity index (χ0v) is 9.60. The van der Waals surface area contributed by atoms with Crippen molar-refractivity contribution in [2.75, 3.05) is 11.5 Å². The molecule has 0 heterocycles. The van der Waals surface area contributed by atoms with E-state index in [1.807, 2.05) is 0 Å². The number of carbonyl (C=O) groups is 2. The predicted molar refractivity (Wildman–Crippen MR) is 55.8 cm³/mol. The van der Waals surface area contributed by atoms with Crippen molar-refractivity contribution in [2.45, 2.75) is 25.3 Å². The number of hydrogen-bond acceptors (Lipinski definition) is 4. The maximum Gasteiger partial charge on any atom is 0.322 e. The maximum atomic E-state index is 11.0. The predicted octanol–water partition coefficient (Wildman–Crippen LogP) is 1.36. The second kappa shape index (κ2) is 6.95. The molecule has 1 atom stereocenters. The van der Waals surface area contributed by atoms with Crippen molar-refractivity contribution in [1.82, 2.24) is 0 Å². The molecule has 4 nitrogen and oxygen atoms in total. The van der Waals surface area contributed by atoms with Gasteiger partial charge in [-0.15, -0.1) is 23.4 Å². The molecule has 0 rings (SSSR count). The van der Waals surface area contributed by atoms with Gasteiger partial charge in [0.2, 0.25) is 0 Å². The molecular weight excluding hydrogens is 228 g/mol. The Morgan fingerprint density at radius 1 is 1.50 bits per heavy atom. The van der Waals surface area contributed by atoms with E-state index in [2.05, 4.69) is 0 Å². The molecule has 0 spiro atoms. The molecule has 0 aromatic heterocycles. The molecule has 0 aromatic rings. The minimum absolute atomic E-state index is 0.134. The van der Waals surface area contributed by atoms with Crippen molar-refractivity contribution < 1.29 is 19.4 Å². The Labute approximate surface area is 92.0 Å². The van der Waals surface area contributed by atoms with Gasteiger partial charge in [0.1, 0.15) is 5.38 Å². The van der Waals surface area contributed by atoms with Crippen molar-refractivity contribution in [2.24, 2.45) is 0 Å². The molecule has 0 aromatic carbocycles. The van der Waals surface area contributed by atoms with E-state index in [1.54, 1.807) is 13.8 Å². The van der Waals surface area contributed by atoms with E-state index >= 15 is 0 Å². The van der Waals surface area contributed by atoms with Gasteiger partial charge in [0.05, 0.1) is 11.9 Å². The van der Waals surface area contributed by atoms with Gasteiger partial charge in [-0.05, 0) is 13.8 Å². The second-order valence-electron chi connectivity index (χ2n) is 2.86. The molecule has 6 heteroatoms. The van der Waals surface area contributed by atoms with Gasteiger partial charge < -0.3 is 9.84 Å². The maximum absolute atomic E-state index is 11.0. The molecule has 0 fully saturated rings. The van der Waals surface area contributed by atoms with Gasteiger partial charge in [-0.25, -0.2) is 0 Å². The Hall–Kier alpha value is -0.420. The van der Waals surface area contributed by atoms with Crippen LogP contribution in [0.5, 0.6) is 0 Å². The lowest BCUT2D eigenvalue weighted by Gasteiger charge is -2.07. The van der Waals surface area contributed by atoms with Crippen LogP contribution in [0.4, 0.5) is 0 Å². The van der Waals surface area contributed by atoms with Crippen LogP contribution in [0.25, 0.3) is 0 Å². The van der Waals surface area contributed by atoms with E-state index in [-0.39, 0.29) is 23.6 Å². The van der Waals surface area contributed by atoms with Crippen LogP contribution in [0.1, 0.15) is 13.8 Å². The van der Waals surface area contributed by atoms with Crippen LogP contribution in [-0.4, -0.2) is 40.0 Å². The first kappa shape index (κ1) is 13.6. The van der Waals surface area contributed by atoms with Crippen molar-refractivity contribution in [1.29, 1.82) is 0 Å². The summed E-state index contributed by atoms with van der Waals surface area (Å²) in [5.74, 6) is -1.09. The first-order chi connectivity index (χ1) is 6.43. The van der Waals surface area contributed by atoms with Crippen LogP contribution in [0, 0.1) is 0 Å². The van der Waals surface area contributed by atoms with E-state index in [0.717, 1.165) is 11.8 Å². The Bertz CT molecular complexity index is 208. The average Bonchev–Trinajstić information content (AvgIpc) is 2.02. The van der Waals surface area contributed by atoms with Crippen LogP contribution in [0.15, 0.2) is 0 Å². The highest BCUT2D eigenvalue weighted by molar-refractivity contribution is 8.00. The fraction of sp³-hybridized carbons (Fsp3) is 0.750. The quantitative estimate of drug-likeness (QED) is 0.561. The highest BCUT2D eigenvalue weighted by Crippen LogP contribution is 2.09. The van der Waals surface area contributed by atoms with Gasteiger partial charge in [0, 0.05) is 5.75 Å². The molecule has 14 heavy (non-hydrogen) atoms. The Morgan fingerprint density at radius 3 is 2.50 bits per heavy atom. The Morgan fingerprint density at radius 2 is 2.07 bits per heavy atom. The SMILES string of the molecule is CC(C)OC(=O)CSCC(Cl)C(=O)O. The van der Waals surface area contributed by atoms with Crippen molar-refractivity contribution in [3.8, 4) is 0 Å². The molecule has 0 radical (unpaired) electrons. The summed E-state index contributed by atoms with van der Waals surface area (Å²) < 4.78 is 4.84. The fourth-order valence-electron chi connectivity index (χ4n) is 0.614. The fourth-order valence-corrected chi connectivity index (χ4v) is 1.58. The van der Waals surface area contributed by atoms with Crippen molar-refractivity contribution >= 4 is 35.3 Å². The lowest BCUT2D eigenvalue weighted by molar-refractivity contribution is -0.144.